The van der Waals surface area contributed by atoms with Crippen LogP contribution in [0.1, 0.15) is 24.8 Å². The third-order valence-corrected chi connectivity index (χ3v) is 4.84. The Morgan fingerprint density at radius 3 is 2.79 bits per heavy atom. The molecule has 134 valence electrons. The SMILES string of the molecule is COCCC1(C(=O)O)CCCN(Cc2cc(F)c(OC)c(Cl)c2)C1. The van der Waals surface area contributed by atoms with Crippen LogP contribution in [0.25, 0.3) is 0 Å². The molecule has 1 aromatic rings. The Morgan fingerprint density at radius 2 is 2.21 bits per heavy atom. The fourth-order valence-corrected chi connectivity index (χ4v) is 3.61. The van der Waals surface area contributed by atoms with Crippen molar-refractivity contribution in [1.82, 2.24) is 4.90 Å². The molecule has 1 heterocycles. The molecule has 5 nitrogen and oxygen atoms in total. The molecule has 1 N–H and O–H groups in total. The van der Waals surface area contributed by atoms with Crippen molar-refractivity contribution in [2.45, 2.75) is 25.8 Å². The van der Waals surface area contributed by atoms with Crippen molar-refractivity contribution in [2.75, 3.05) is 33.9 Å². The molecule has 1 fully saturated rings. The van der Waals surface area contributed by atoms with Crippen molar-refractivity contribution in [3.05, 3.63) is 28.5 Å². The third-order valence-electron chi connectivity index (χ3n) is 4.56. The molecule has 1 aliphatic rings. The standard InChI is InChI=1S/C17H23ClFNO4/c1-23-7-5-17(16(21)22)4-3-6-20(11-17)10-12-8-13(18)15(24-2)14(19)9-12/h8-9H,3-7,10-11H2,1-2H3,(H,21,22). The van der Waals surface area contributed by atoms with E-state index in [9.17, 15) is 14.3 Å². The van der Waals surface area contributed by atoms with E-state index in [1.165, 1.54) is 13.2 Å². The summed E-state index contributed by atoms with van der Waals surface area (Å²) in [5.41, 5.74) is -0.116. The largest absolute Gasteiger partial charge is 0.492 e. The summed E-state index contributed by atoms with van der Waals surface area (Å²) >= 11 is 6.03. The maximum Gasteiger partial charge on any atom is 0.311 e. The van der Waals surface area contributed by atoms with Crippen molar-refractivity contribution >= 4 is 17.6 Å². The topological polar surface area (TPSA) is 59.0 Å². The Hall–Kier alpha value is -1.37. The first-order valence-corrected chi connectivity index (χ1v) is 8.26. The van der Waals surface area contributed by atoms with Gasteiger partial charge in [0.15, 0.2) is 11.6 Å². The van der Waals surface area contributed by atoms with Gasteiger partial charge in [-0.15, -0.1) is 0 Å². The van der Waals surface area contributed by atoms with Crippen molar-refractivity contribution < 1.29 is 23.8 Å². The van der Waals surface area contributed by atoms with Crippen LogP contribution in [0.2, 0.25) is 5.02 Å². The number of piperidine rings is 1. The highest BCUT2D eigenvalue weighted by atomic mass is 35.5. The summed E-state index contributed by atoms with van der Waals surface area (Å²) in [5, 5.41) is 9.89. The number of rotatable bonds is 7. The average Bonchev–Trinajstić information content (AvgIpc) is 2.53. The fraction of sp³-hybridized carbons (Fsp3) is 0.588. The van der Waals surface area contributed by atoms with Gasteiger partial charge in [0, 0.05) is 26.8 Å². The van der Waals surface area contributed by atoms with Crippen LogP contribution < -0.4 is 4.74 Å². The zero-order chi connectivity index (χ0) is 17.7. The molecule has 24 heavy (non-hydrogen) atoms. The zero-order valence-electron chi connectivity index (χ0n) is 14.0. The quantitative estimate of drug-likeness (QED) is 0.810. The molecular formula is C17H23ClFNO4. The van der Waals surface area contributed by atoms with Gasteiger partial charge in [-0.2, -0.15) is 0 Å². The molecular weight excluding hydrogens is 337 g/mol. The number of aliphatic carboxylic acids is 1. The fourth-order valence-electron chi connectivity index (χ4n) is 3.30. The smallest absolute Gasteiger partial charge is 0.311 e. The van der Waals surface area contributed by atoms with Gasteiger partial charge in [0.1, 0.15) is 0 Å². The normalized spacial score (nSPS) is 21.7. The van der Waals surface area contributed by atoms with E-state index in [0.717, 1.165) is 13.0 Å². The van der Waals surface area contributed by atoms with Gasteiger partial charge >= 0.3 is 5.97 Å². The predicted molar refractivity (Wildman–Crippen MR) is 89.0 cm³/mol. The lowest BCUT2D eigenvalue weighted by Crippen LogP contribution is -2.48. The molecule has 0 bridgehead atoms. The highest BCUT2D eigenvalue weighted by molar-refractivity contribution is 6.32. The molecule has 0 saturated carbocycles. The highest BCUT2D eigenvalue weighted by Crippen LogP contribution is 2.35. The van der Waals surface area contributed by atoms with Crippen LogP contribution in [0.3, 0.4) is 0 Å². The number of nitrogens with zero attached hydrogens (tertiary/aromatic N) is 1. The second kappa shape index (κ2) is 8.14. The van der Waals surface area contributed by atoms with Gasteiger partial charge < -0.3 is 14.6 Å². The van der Waals surface area contributed by atoms with Gasteiger partial charge in [0.05, 0.1) is 17.5 Å². The van der Waals surface area contributed by atoms with Crippen molar-refractivity contribution in [2.24, 2.45) is 5.41 Å². The molecule has 2 rings (SSSR count). The number of methoxy groups -OCH3 is 2. The van der Waals surface area contributed by atoms with E-state index < -0.39 is 17.2 Å². The van der Waals surface area contributed by atoms with Crippen LogP contribution in [0.5, 0.6) is 5.75 Å². The Balaban J connectivity index is 2.14. The number of carboxylic acid groups (broad SMARTS) is 1. The van der Waals surface area contributed by atoms with E-state index in [1.807, 2.05) is 4.90 Å². The molecule has 0 radical (unpaired) electrons. The molecule has 0 aliphatic carbocycles. The molecule has 1 aromatic carbocycles. The number of carbonyl (C=O) groups is 1. The lowest BCUT2D eigenvalue weighted by molar-refractivity contribution is -0.154. The first-order valence-electron chi connectivity index (χ1n) is 7.88. The second-order valence-corrected chi connectivity index (χ2v) is 6.64. The Bertz CT molecular complexity index is 575. The van der Waals surface area contributed by atoms with E-state index in [1.54, 1.807) is 13.2 Å². The van der Waals surface area contributed by atoms with E-state index in [2.05, 4.69) is 0 Å². The van der Waals surface area contributed by atoms with E-state index in [-0.39, 0.29) is 10.8 Å². The minimum absolute atomic E-state index is 0.0269. The van der Waals surface area contributed by atoms with Crippen molar-refractivity contribution in [3.63, 3.8) is 0 Å². The van der Waals surface area contributed by atoms with Crippen molar-refractivity contribution in [1.29, 1.82) is 0 Å². The molecule has 0 spiro atoms. The third kappa shape index (κ3) is 4.18. The maximum atomic E-state index is 14.0. The van der Waals surface area contributed by atoms with Crippen LogP contribution in [0.4, 0.5) is 4.39 Å². The van der Waals surface area contributed by atoms with E-state index in [0.29, 0.717) is 38.1 Å². The summed E-state index contributed by atoms with van der Waals surface area (Å²) in [4.78, 5) is 13.8. The number of halogens is 2. The lowest BCUT2D eigenvalue weighted by atomic mass is 9.77. The molecule has 7 heteroatoms. The number of hydrogen-bond acceptors (Lipinski definition) is 4. The number of benzene rings is 1. The lowest BCUT2D eigenvalue weighted by Gasteiger charge is -2.40. The summed E-state index contributed by atoms with van der Waals surface area (Å²) in [6.45, 7) is 2.04. The predicted octanol–water partition coefficient (Wildman–Crippen LogP) is 3.19. The molecule has 0 amide bonds. The van der Waals surface area contributed by atoms with Crippen LogP contribution in [-0.4, -0.2) is 49.9 Å². The van der Waals surface area contributed by atoms with Gasteiger partial charge in [-0.25, -0.2) is 4.39 Å². The minimum Gasteiger partial charge on any atom is -0.492 e. The Kier molecular flexibility index (Phi) is 6.43. The van der Waals surface area contributed by atoms with Crippen molar-refractivity contribution in [3.8, 4) is 5.75 Å². The first kappa shape index (κ1) is 19.0. The monoisotopic (exact) mass is 359 g/mol. The van der Waals surface area contributed by atoms with Gasteiger partial charge in [0.25, 0.3) is 0 Å². The number of hydrogen-bond donors (Lipinski definition) is 1. The average molecular weight is 360 g/mol. The summed E-state index contributed by atoms with van der Waals surface area (Å²) in [5.74, 6) is -1.29. The summed E-state index contributed by atoms with van der Waals surface area (Å²) in [6, 6.07) is 3.05. The van der Waals surface area contributed by atoms with Gasteiger partial charge in [-0.3, -0.25) is 9.69 Å². The minimum atomic E-state index is -0.816. The maximum absolute atomic E-state index is 14.0. The van der Waals surface area contributed by atoms with Gasteiger partial charge in [-0.1, -0.05) is 11.6 Å². The Morgan fingerprint density at radius 1 is 1.46 bits per heavy atom. The van der Waals surface area contributed by atoms with Crippen LogP contribution in [0.15, 0.2) is 12.1 Å². The molecule has 1 atom stereocenters. The van der Waals surface area contributed by atoms with E-state index in [4.69, 9.17) is 21.1 Å². The second-order valence-electron chi connectivity index (χ2n) is 6.24. The van der Waals surface area contributed by atoms with Gasteiger partial charge in [-0.05, 0) is 43.5 Å². The van der Waals surface area contributed by atoms with Crippen LogP contribution in [-0.2, 0) is 16.1 Å². The molecule has 1 unspecified atom stereocenters. The number of likely N-dealkylation sites (tertiary alicyclic amines) is 1. The Labute approximate surface area is 146 Å². The molecule has 1 saturated heterocycles. The zero-order valence-corrected chi connectivity index (χ0v) is 14.7. The highest BCUT2D eigenvalue weighted by Gasteiger charge is 2.42. The first-order chi connectivity index (χ1) is 11.4. The summed E-state index contributed by atoms with van der Waals surface area (Å²) < 4.78 is 24.0. The number of ether oxygens (including phenoxy) is 2. The van der Waals surface area contributed by atoms with E-state index >= 15 is 0 Å². The van der Waals surface area contributed by atoms with Crippen LogP contribution in [0, 0.1) is 11.2 Å². The molecule has 1 aliphatic heterocycles. The van der Waals surface area contributed by atoms with Gasteiger partial charge in [0.2, 0.25) is 0 Å². The molecule has 0 aromatic heterocycles. The van der Waals surface area contributed by atoms with Crippen LogP contribution >= 0.6 is 11.6 Å². The summed E-state index contributed by atoms with van der Waals surface area (Å²) in [7, 11) is 2.93. The summed E-state index contributed by atoms with van der Waals surface area (Å²) in [6.07, 6.45) is 1.87. The number of carboxylic acids is 1.